The number of amides is 1. The summed E-state index contributed by atoms with van der Waals surface area (Å²) in [6, 6.07) is 12.1. The average molecular weight is 257 g/mol. The largest absolute Gasteiger partial charge is 0.469 e. The van der Waals surface area contributed by atoms with Crippen LogP contribution in [0.4, 0.5) is 0 Å². The van der Waals surface area contributed by atoms with Crippen molar-refractivity contribution >= 4 is 5.91 Å². The van der Waals surface area contributed by atoms with E-state index in [-0.39, 0.29) is 11.9 Å². The highest BCUT2D eigenvalue weighted by Gasteiger charge is 2.13. The van der Waals surface area contributed by atoms with Gasteiger partial charge in [-0.3, -0.25) is 4.79 Å². The van der Waals surface area contributed by atoms with Crippen molar-refractivity contribution in [1.82, 2.24) is 5.32 Å². The average Bonchev–Trinajstić information content (AvgIpc) is 2.84. The van der Waals surface area contributed by atoms with E-state index in [4.69, 9.17) is 4.42 Å². The predicted octanol–water partition coefficient (Wildman–Crippen LogP) is 3.34. The van der Waals surface area contributed by atoms with Crippen LogP contribution in [-0.4, -0.2) is 11.9 Å². The van der Waals surface area contributed by atoms with Crippen LogP contribution < -0.4 is 5.32 Å². The molecule has 1 heterocycles. The van der Waals surface area contributed by atoms with Crippen molar-refractivity contribution in [2.75, 3.05) is 0 Å². The molecule has 0 radical (unpaired) electrons. The molecular formula is C16H19NO2. The molecule has 0 spiro atoms. The van der Waals surface area contributed by atoms with Crippen LogP contribution in [0, 0.1) is 6.92 Å². The van der Waals surface area contributed by atoms with Gasteiger partial charge in [-0.05, 0) is 38.3 Å². The van der Waals surface area contributed by atoms with Gasteiger partial charge in [0.2, 0.25) is 0 Å². The lowest BCUT2D eigenvalue weighted by Gasteiger charge is -2.13. The maximum absolute atomic E-state index is 12.0. The number of furan rings is 1. The monoisotopic (exact) mass is 257 g/mol. The van der Waals surface area contributed by atoms with Crippen molar-refractivity contribution in [2.24, 2.45) is 0 Å². The molecule has 0 aliphatic carbocycles. The molecule has 1 N–H and O–H groups in total. The van der Waals surface area contributed by atoms with Crippen LogP contribution in [0.1, 0.15) is 35.0 Å². The molecule has 3 heteroatoms. The summed E-state index contributed by atoms with van der Waals surface area (Å²) in [4.78, 5) is 12.0. The summed E-state index contributed by atoms with van der Waals surface area (Å²) >= 11 is 0. The number of hydrogen-bond acceptors (Lipinski definition) is 2. The lowest BCUT2D eigenvalue weighted by molar-refractivity contribution is 0.0937. The maximum atomic E-state index is 12.0. The van der Waals surface area contributed by atoms with Crippen molar-refractivity contribution in [3.63, 3.8) is 0 Å². The second-order valence-electron chi connectivity index (χ2n) is 4.79. The summed E-state index contributed by atoms with van der Waals surface area (Å²) < 4.78 is 5.14. The fourth-order valence-electron chi connectivity index (χ4n) is 2.02. The minimum absolute atomic E-state index is 0.0631. The molecule has 2 rings (SSSR count). The Hall–Kier alpha value is -2.03. The third-order valence-corrected chi connectivity index (χ3v) is 3.19. The van der Waals surface area contributed by atoms with Gasteiger partial charge in [-0.2, -0.15) is 0 Å². The molecule has 0 unspecified atom stereocenters. The Morgan fingerprint density at radius 2 is 2.00 bits per heavy atom. The second kappa shape index (κ2) is 6.23. The third-order valence-electron chi connectivity index (χ3n) is 3.19. The Morgan fingerprint density at radius 3 is 2.63 bits per heavy atom. The summed E-state index contributed by atoms with van der Waals surface area (Å²) in [5.41, 5.74) is 1.91. The fraction of sp³-hybridized carbons (Fsp3) is 0.312. The minimum atomic E-state index is -0.0631. The number of carbonyl (C=O) groups excluding carboxylic acids is 1. The van der Waals surface area contributed by atoms with Crippen LogP contribution in [0.2, 0.25) is 0 Å². The third kappa shape index (κ3) is 3.71. The van der Waals surface area contributed by atoms with Crippen LogP contribution in [0.25, 0.3) is 0 Å². The van der Waals surface area contributed by atoms with Crippen molar-refractivity contribution in [2.45, 2.75) is 32.7 Å². The molecule has 0 aliphatic heterocycles. The molecule has 0 saturated carbocycles. The summed E-state index contributed by atoms with van der Waals surface area (Å²) in [6.07, 6.45) is 3.43. The molecule has 2 aromatic rings. The molecule has 0 aliphatic rings. The zero-order chi connectivity index (χ0) is 13.7. The van der Waals surface area contributed by atoms with Gasteiger partial charge in [-0.15, -0.1) is 0 Å². The molecular weight excluding hydrogens is 238 g/mol. The second-order valence-corrected chi connectivity index (χ2v) is 4.79. The van der Waals surface area contributed by atoms with Gasteiger partial charge in [-0.1, -0.05) is 30.3 Å². The van der Waals surface area contributed by atoms with Crippen molar-refractivity contribution in [1.29, 1.82) is 0 Å². The quantitative estimate of drug-likeness (QED) is 0.892. The first-order chi connectivity index (χ1) is 9.16. The number of rotatable bonds is 5. The van der Waals surface area contributed by atoms with Crippen LogP contribution in [-0.2, 0) is 6.42 Å². The van der Waals surface area contributed by atoms with Crippen molar-refractivity contribution in [3.8, 4) is 0 Å². The van der Waals surface area contributed by atoms with Gasteiger partial charge < -0.3 is 9.73 Å². The maximum Gasteiger partial charge on any atom is 0.255 e. The van der Waals surface area contributed by atoms with Crippen LogP contribution in [0.3, 0.4) is 0 Å². The first-order valence-corrected chi connectivity index (χ1v) is 6.55. The van der Waals surface area contributed by atoms with E-state index in [1.54, 1.807) is 19.3 Å². The smallest absolute Gasteiger partial charge is 0.255 e. The molecule has 0 fully saturated rings. The van der Waals surface area contributed by atoms with E-state index < -0.39 is 0 Å². The van der Waals surface area contributed by atoms with Gasteiger partial charge in [0, 0.05) is 6.04 Å². The van der Waals surface area contributed by atoms with Gasteiger partial charge in [0.05, 0.1) is 11.8 Å². The molecule has 0 saturated heterocycles. The Labute approximate surface area is 113 Å². The molecule has 19 heavy (non-hydrogen) atoms. The summed E-state index contributed by atoms with van der Waals surface area (Å²) in [6.45, 7) is 3.82. The topological polar surface area (TPSA) is 42.2 Å². The lowest BCUT2D eigenvalue weighted by Crippen LogP contribution is -2.33. The molecule has 3 nitrogen and oxygen atoms in total. The number of aryl methyl sites for hydroxylation is 2. The summed E-state index contributed by atoms with van der Waals surface area (Å²) in [5, 5.41) is 2.99. The van der Waals surface area contributed by atoms with Gasteiger partial charge in [0.1, 0.15) is 5.76 Å². The Kier molecular flexibility index (Phi) is 4.39. The first-order valence-electron chi connectivity index (χ1n) is 6.55. The van der Waals surface area contributed by atoms with E-state index >= 15 is 0 Å². The van der Waals surface area contributed by atoms with Crippen LogP contribution in [0.5, 0.6) is 0 Å². The standard InChI is InChI=1S/C16H19NO2/c1-12(8-9-14-6-4-3-5-7-14)17-16(18)15-10-11-19-13(15)2/h3-7,10-12H,8-9H2,1-2H3,(H,17,18)/t12-/m1/s1. The van der Waals surface area contributed by atoms with Gasteiger partial charge in [0.15, 0.2) is 0 Å². The molecule has 1 aromatic carbocycles. The zero-order valence-electron chi connectivity index (χ0n) is 11.3. The van der Waals surface area contributed by atoms with E-state index in [0.29, 0.717) is 11.3 Å². The highest BCUT2D eigenvalue weighted by Crippen LogP contribution is 2.10. The number of benzene rings is 1. The number of hydrogen-bond donors (Lipinski definition) is 1. The van der Waals surface area contributed by atoms with Gasteiger partial charge in [0.25, 0.3) is 5.91 Å². The number of carbonyl (C=O) groups is 1. The normalized spacial score (nSPS) is 12.1. The van der Waals surface area contributed by atoms with Gasteiger partial charge >= 0.3 is 0 Å². The zero-order valence-corrected chi connectivity index (χ0v) is 11.3. The van der Waals surface area contributed by atoms with Crippen molar-refractivity contribution < 1.29 is 9.21 Å². The summed E-state index contributed by atoms with van der Waals surface area (Å²) in [5.74, 6) is 0.597. The number of nitrogens with one attached hydrogen (secondary N) is 1. The molecule has 0 bridgehead atoms. The Bertz CT molecular complexity index is 531. The van der Waals surface area contributed by atoms with E-state index in [9.17, 15) is 4.79 Å². The predicted molar refractivity (Wildman–Crippen MR) is 75.1 cm³/mol. The molecule has 1 atom stereocenters. The van der Waals surface area contributed by atoms with E-state index in [0.717, 1.165) is 12.8 Å². The first kappa shape index (κ1) is 13.4. The highest BCUT2D eigenvalue weighted by molar-refractivity contribution is 5.95. The van der Waals surface area contributed by atoms with Crippen LogP contribution in [0.15, 0.2) is 47.1 Å². The lowest BCUT2D eigenvalue weighted by atomic mass is 10.1. The van der Waals surface area contributed by atoms with E-state index in [1.807, 2.05) is 25.1 Å². The SMILES string of the molecule is Cc1occc1C(=O)N[C@H](C)CCc1ccccc1. The van der Waals surface area contributed by atoms with Gasteiger partial charge in [-0.25, -0.2) is 0 Å². The fourth-order valence-corrected chi connectivity index (χ4v) is 2.02. The van der Waals surface area contributed by atoms with Crippen LogP contribution >= 0.6 is 0 Å². The molecule has 1 amide bonds. The Balaban J connectivity index is 1.83. The highest BCUT2D eigenvalue weighted by atomic mass is 16.3. The van der Waals surface area contributed by atoms with E-state index in [2.05, 4.69) is 17.4 Å². The molecule has 100 valence electrons. The Morgan fingerprint density at radius 1 is 1.26 bits per heavy atom. The minimum Gasteiger partial charge on any atom is -0.469 e. The van der Waals surface area contributed by atoms with Crippen molar-refractivity contribution in [3.05, 3.63) is 59.5 Å². The van der Waals surface area contributed by atoms with E-state index in [1.165, 1.54) is 5.56 Å². The molecule has 1 aromatic heterocycles. The summed E-state index contributed by atoms with van der Waals surface area (Å²) in [7, 11) is 0.